The van der Waals surface area contributed by atoms with Gasteiger partial charge in [-0.15, -0.1) is 0 Å². The molecule has 188 valence electrons. The van der Waals surface area contributed by atoms with Gasteiger partial charge in [-0.1, -0.05) is 11.6 Å². The minimum absolute atomic E-state index is 0.0121. The summed E-state index contributed by atoms with van der Waals surface area (Å²) < 4.78 is 40.9. The third-order valence-corrected chi connectivity index (χ3v) is 5.41. The van der Waals surface area contributed by atoms with E-state index in [1.807, 2.05) is 0 Å². The largest absolute Gasteiger partial charge is 0.487 e. The highest BCUT2D eigenvalue weighted by Gasteiger charge is 2.14. The fourth-order valence-corrected chi connectivity index (χ4v) is 3.50. The minimum Gasteiger partial charge on any atom is -0.487 e. The van der Waals surface area contributed by atoms with E-state index in [2.05, 4.69) is 9.97 Å². The van der Waals surface area contributed by atoms with E-state index in [1.54, 1.807) is 50.6 Å². The van der Waals surface area contributed by atoms with Crippen molar-refractivity contribution in [3.8, 4) is 34.4 Å². The summed E-state index contributed by atoms with van der Waals surface area (Å²) in [7, 11) is 3.20. The molecule has 4 aromatic rings. The van der Waals surface area contributed by atoms with E-state index in [0.29, 0.717) is 72.0 Å². The van der Waals surface area contributed by atoms with E-state index in [9.17, 15) is 4.39 Å². The molecular weight excluding hydrogens is 489 g/mol. The normalized spacial score (nSPS) is 11.0. The molecule has 10 heteroatoms. The van der Waals surface area contributed by atoms with E-state index in [-0.39, 0.29) is 5.02 Å². The Bertz CT molecular complexity index is 1340. The summed E-state index contributed by atoms with van der Waals surface area (Å²) in [6, 6.07) is 14.8. The van der Waals surface area contributed by atoms with Gasteiger partial charge in [0.25, 0.3) is 0 Å². The number of hydrogen-bond acceptors (Lipinski definition) is 8. The number of nitrogen functional groups attached to an aromatic ring is 1. The number of halogens is 2. The first-order chi connectivity index (χ1) is 17.5. The number of ether oxygens (including phenoxy) is 5. The van der Waals surface area contributed by atoms with Crippen molar-refractivity contribution in [3.05, 3.63) is 65.4 Å². The van der Waals surface area contributed by atoms with Crippen molar-refractivity contribution >= 4 is 28.3 Å². The Balaban J connectivity index is 1.61. The topological polar surface area (TPSA) is 98.0 Å². The number of aromatic nitrogens is 2. The molecule has 0 atom stereocenters. The van der Waals surface area contributed by atoms with E-state index < -0.39 is 5.82 Å². The van der Waals surface area contributed by atoms with Crippen LogP contribution in [0.3, 0.4) is 0 Å². The first-order valence-electron chi connectivity index (χ1n) is 11.1. The molecule has 4 rings (SSSR count). The van der Waals surface area contributed by atoms with Crippen molar-refractivity contribution in [2.75, 3.05) is 46.4 Å². The Morgan fingerprint density at radius 1 is 0.806 bits per heavy atom. The van der Waals surface area contributed by atoms with Crippen LogP contribution in [0.25, 0.3) is 22.3 Å². The average molecular weight is 514 g/mol. The molecule has 3 aromatic carbocycles. The first-order valence-corrected chi connectivity index (χ1v) is 11.4. The van der Waals surface area contributed by atoms with Gasteiger partial charge in [0.05, 0.1) is 23.8 Å². The van der Waals surface area contributed by atoms with Gasteiger partial charge in [0, 0.05) is 37.3 Å². The number of fused-ring (bicyclic) bond motifs is 1. The number of methoxy groups -OCH3 is 2. The third kappa shape index (κ3) is 6.12. The van der Waals surface area contributed by atoms with Crippen LogP contribution in [0.5, 0.6) is 23.0 Å². The minimum atomic E-state index is -0.508. The van der Waals surface area contributed by atoms with E-state index >= 15 is 0 Å². The number of nitrogens with zero attached hydrogens (tertiary/aromatic N) is 2. The second-order valence-electron chi connectivity index (χ2n) is 7.63. The van der Waals surface area contributed by atoms with Crippen LogP contribution in [-0.2, 0) is 9.47 Å². The Labute approximate surface area is 212 Å². The Morgan fingerprint density at radius 3 is 2.08 bits per heavy atom. The second-order valence-corrected chi connectivity index (χ2v) is 8.04. The van der Waals surface area contributed by atoms with Crippen molar-refractivity contribution in [1.82, 2.24) is 9.97 Å². The van der Waals surface area contributed by atoms with Crippen molar-refractivity contribution in [1.29, 1.82) is 0 Å². The zero-order valence-corrected chi connectivity index (χ0v) is 20.5. The van der Waals surface area contributed by atoms with Gasteiger partial charge < -0.3 is 29.4 Å². The van der Waals surface area contributed by atoms with Crippen molar-refractivity contribution in [2.24, 2.45) is 0 Å². The molecule has 36 heavy (non-hydrogen) atoms. The van der Waals surface area contributed by atoms with E-state index in [1.165, 1.54) is 18.2 Å². The molecule has 0 aliphatic heterocycles. The maximum atomic E-state index is 13.4. The van der Waals surface area contributed by atoms with Gasteiger partial charge in [0.15, 0.2) is 17.3 Å². The molecule has 0 radical (unpaired) electrons. The summed E-state index contributed by atoms with van der Waals surface area (Å²) in [5.41, 5.74) is 7.62. The summed E-state index contributed by atoms with van der Waals surface area (Å²) in [6.45, 7) is 1.54. The number of benzene rings is 3. The molecular formula is C26H25ClFN3O5. The Kier molecular flexibility index (Phi) is 8.37. The summed E-state index contributed by atoms with van der Waals surface area (Å²) in [5, 5.41) is 0.625. The molecule has 0 bridgehead atoms. The Morgan fingerprint density at radius 2 is 1.44 bits per heavy atom. The molecule has 8 nitrogen and oxygen atoms in total. The van der Waals surface area contributed by atoms with Gasteiger partial charge >= 0.3 is 0 Å². The summed E-state index contributed by atoms with van der Waals surface area (Å²) in [5.74, 6) is 2.23. The molecule has 1 heterocycles. The lowest BCUT2D eigenvalue weighted by Gasteiger charge is -2.15. The van der Waals surface area contributed by atoms with Gasteiger partial charge in [-0.3, -0.25) is 0 Å². The molecule has 0 aliphatic carbocycles. The predicted molar refractivity (Wildman–Crippen MR) is 136 cm³/mol. The maximum absolute atomic E-state index is 13.4. The van der Waals surface area contributed by atoms with Crippen LogP contribution in [0, 0.1) is 5.82 Å². The van der Waals surface area contributed by atoms with Crippen LogP contribution >= 0.6 is 11.6 Å². The fourth-order valence-electron chi connectivity index (χ4n) is 3.33. The highest BCUT2D eigenvalue weighted by atomic mass is 35.5. The van der Waals surface area contributed by atoms with Crippen molar-refractivity contribution in [2.45, 2.75) is 0 Å². The van der Waals surface area contributed by atoms with E-state index in [4.69, 9.17) is 41.0 Å². The van der Waals surface area contributed by atoms with Crippen LogP contribution in [0.4, 0.5) is 10.2 Å². The smallest absolute Gasteiger partial charge is 0.163 e. The van der Waals surface area contributed by atoms with Gasteiger partial charge in [-0.05, 0) is 42.5 Å². The van der Waals surface area contributed by atoms with Crippen molar-refractivity contribution < 1.29 is 28.1 Å². The molecule has 2 N–H and O–H groups in total. The number of hydrogen-bond donors (Lipinski definition) is 1. The molecule has 0 spiro atoms. The maximum Gasteiger partial charge on any atom is 0.163 e. The molecule has 1 aromatic heterocycles. The number of anilines is 1. The third-order valence-electron chi connectivity index (χ3n) is 5.12. The van der Waals surface area contributed by atoms with Crippen molar-refractivity contribution in [3.63, 3.8) is 0 Å². The van der Waals surface area contributed by atoms with E-state index in [0.717, 1.165) is 5.56 Å². The van der Waals surface area contributed by atoms with Gasteiger partial charge in [-0.25, -0.2) is 14.4 Å². The lowest BCUT2D eigenvalue weighted by molar-refractivity contribution is 0.132. The SMILES string of the molecule is COCCOc1cc2nc(-c3ccc(Oc4ccc(F)c(Cl)c4)cc3)nc(N)c2cc1OCCOC. The highest BCUT2D eigenvalue weighted by Crippen LogP contribution is 2.35. The highest BCUT2D eigenvalue weighted by molar-refractivity contribution is 6.30. The number of nitrogens with two attached hydrogens (primary N) is 1. The standard InChI is InChI=1S/C26H25ClFN3O5/c1-32-9-11-34-23-14-19-22(15-24(23)35-12-10-33-2)30-26(31-25(19)29)16-3-5-17(6-4-16)36-18-7-8-21(28)20(27)13-18/h3-8,13-15H,9-12H2,1-2H3,(H2,29,30,31). The van der Waals surface area contributed by atoms with Gasteiger partial charge in [0.1, 0.15) is 36.3 Å². The first kappa shape index (κ1) is 25.4. The second kappa shape index (κ2) is 11.9. The molecule has 0 fully saturated rings. The van der Waals surface area contributed by atoms with Gasteiger partial charge in [0.2, 0.25) is 0 Å². The zero-order valence-electron chi connectivity index (χ0n) is 19.8. The number of rotatable bonds is 11. The molecule has 0 amide bonds. The van der Waals surface area contributed by atoms with Crippen LogP contribution in [0.1, 0.15) is 0 Å². The summed E-state index contributed by atoms with van der Waals surface area (Å²) in [4.78, 5) is 9.16. The molecule has 0 aliphatic rings. The summed E-state index contributed by atoms with van der Waals surface area (Å²) in [6.07, 6.45) is 0. The van der Waals surface area contributed by atoms with Gasteiger partial charge in [-0.2, -0.15) is 0 Å². The predicted octanol–water partition coefficient (Wildman–Crippen LogP) is 5.51. The quantitative estimate of drug-likeness (QED) is 0.262. The van der Waals surface area contributed by atoms with Crippen LogP contribution in [-0.4, -0.2) is 50.6 Å². The molecule has 0 unspecified atom stereocenters. The lowest BCUT2D eigenvalue weighted by Crippen LogP contribution is -2.09. The zero-order chi connectivity index (χ0) is 25.5. The van der Waals surface area contributed by atoms with Crippen LogP contribution < -0.4 is 19.9 Å². The average Bonchev–Trinajstić information content (AvgIpc) is 2.87. The fraction of sp³-hybridized carbons (Fsp3) is 0.231. The summed E-state index contributed by atoms with van der Waals surface area (Å²) >= 11 is 5.82. The molecule has 0 saturated carbocycles. The van der Waals surface area contributed by atoms with Crippen LogP contribution in [0.15, 0.2) is 54.6 Å². The molecule has 0 saturated heterocycles. The monoisotopic (exact) mass is 513 g/mol. The Hall–Kier alpha value is -3.66. The lowest BCUT2D eigenvalue weighted by atomic mass is 10.1. The van der Waals surface area contributed by atoms with Crippen LogP contribution in [0.2, 0.25) is 5.02 Å².